The molecule has 19 heavy (non-hydrogen) atoms. The SMILES string of the molecule is CCN(CCc1ccccc1)C(=O)C(C)=C1CNC1. The van der Waals surface area contributed by atoms with Gasteiger partial charge in [0.2, 0.25) is 5.91 Å². The van der Waals surface area contributed by atoms with Crippen molar-refractivity contribution < 1.29 is 4.79 Å². The van der Waals surface area contributed by atoms with E-state index in [1.807, 2.05) is 36.9 Å². The second-order valence-electron chi connectivity index (χ2n) is 4.95. The van der Waals surface area contributed by atoms with Gasteiger partial charge in [-0.05, 0) is 31.4 Å². The Kier molecular flexibility index (Phi) is 4.74. The number of carbonyl (C=O) groups is 1. The third-order valence-corrected chi connectivity index (χ3v) is 3.71. The fourth-order valence-corrected chi connectivity index (χ4v) is 2.22. The molecule has 0 unspecified atom stereocenters. The van der Waals surface area contributed by atoms with Crippen LogP contribution in [0.1, 0.15) is 19.4 Å². The molecule has 0 spiro atoms. The van der Waals surface area contributed by atoms with Crippen LogP contribution in [-0.4, -0.2) is 37.0 Å². The molecule has 102 valence electrons. The van der Waals surface area contributed by atoms with Crippen LogP contribution in [0, 0.1) is 0 Å². The minimum absolute atomic E-state index is 0.190. The summed E-state index contributed by atoms with van der Waals surface area (Å²) in [4.78, 5) is 14.3. The standard InChI is InChI=1S/C16H22N2O/c1-3-18(10-9-14-7-5-4-6-8-14)16(19)13(2)15-11-17-12-15/h4-8,17H,3,9-12H2,1-2H3. The zero-order chi connectivity index (χ0) is 13.7. The summed E-state index contributed by atoms with van der Waals surface area (Å²) in [6, 6.07) is 10.3. The number of amides is 1. The number of hydrogen-bond donors (Lipinski definition) is 1. The number of hydrogen-bond acceptors (Lipinski definition) is 2. The monoisotopic (exact) mass is 258 g/mol. The van der Waals surface area contributed by atoms with Gasteiger partial charge in [-0.15, -0.1) is 0 Å². The largest absolute Gasteiger partial charge is 0.339 e. The average molecular weight is 258 g/mol. The van der Waals surface area contributed by atoms with Crippen molar-refractivity contribution in [2.45, 2.75) is 20.3 Å². The molecule has 1 amide bonds. The zero-order valence-electron chi connectivity index (χ0n) is 11.8. The van der Waals surface area contributed by atoms with Crippen molar-refractivity contribution in [1.82, 2.24) is 10.2 Å². The highest BCUT2D eigenvalue weighted by Crippen LogP contribution is 2.12. The molecule has 0 aliphatic carbocycles. The summed E-state index contributed by atoms with van der Waals surface area (Å²) in [7, 11) is 0. The molecular formula is C16H22N2O. The number of benzene rings is 1. The lowest BCUT2D eigenvalue weighted by Gasteiger charge is -2.26. The van der Waals surface area contributed by atoms with Crippen molar-refractivity contribution in [3.63, 3.8) is 0 Å². The van der Waals surface area contributed by atoms with Gasteiger partial charge in [0.1, 0.15) is 0 Å². The van der Waals surface area contributed by atoms with Crippen molar-refractivity contribution in [2.24, 2.45) is 0 Å². The van der Waals surface area contributed by atoms with E-state index in [2.05, 4.69) is 17.4 Å². The van der Waals surface area contributed by atoms with Crippen molar-refractivity contribution in [3.05, 3.63) is 47.0 Å². The van der Waals surface area contributed by atoms with E-state index in [0.29, 0.717) is 0 Å². The lowest BCUT2D eigenvalue weighted by molar-refractivity contribution is -0.127. The normalized spacial score (nSPS) is 13.9. The Labute approximate surface area is 115 Å². The summed E-state index contributed by atoms with van der Waals surface area (Å²) >= 11 is 0. The first-order valence-corrected chi connectivity index (χ1v) is 6.95. The molecule has 1 aromatic rings. The molecule has 0 radical (unpaired) electrons. The average Bonchev–Trinajstić information content (AvgIpc) is 2.38. The molecule has 0 atom stereocenters. The smallest absolute Gasteiger partial charge is 0.249 e. The molecule has 2 rings (SSSR count). The van der Waals surface area contributed by atoms with E-state index in [1.54, 1.807) is 0 Å². The second kappa shape index (κ2) is 6.53. The van der Waals surface area contributed by atoms with Crippen LogP contribution < -0.4 is 5.32 Å². The Morgan fingerprint density at radius 2 is 1.95 bits per heavy atom. The topological polar surface area (TPSA) is 32.3 Å². The van der Waals surface area contributed by atoms with Crippen LogP contribution >= 0.6 is 0 Å². The Morgan fingerprint density at radius 1 is 1.26 bits per heavy atom. The van der Waals surface area contributed by atoms with Gasteiger partial charge in [-0.3, -0.25) is 4.79 Å². The maximum absolute atomic E-state index is 12.4. The Balaban J connectivity index is 1.94. The van der Waals surface area contributed by atoms with Crippen LogP contribution in [0.4, 0.5) is 0 Å². The van der Waals surface area contributed by atoms with Crippen LogP contribution in [-0.2, 0) is 11.2 Å². The lowest BCUT2D eigenvalue weighted by Crippen LogP contribution is -2.39. The fraction of sp³-hybridized carbons (Fsp3) is 0.438. The first kappa shape index (κ1) is 13.8. The molecule has 1 saturated heterocycles. The molecule has 1 N–H and O–H groups in total. The van der Waals surface area contributed by atoms with Gasteiger partial charge < -0.3 is 10.2 Å². The van der Waals surface area contributed by atoms with E-state index in [0.717, 1.165) is 38.2 Å². The van der Waals surface area contributed by atoms with Gasteiger partial charge in [0.15, 0.2) is 0 Å². The highest BCUT2D eigenvalue weighted by molar-refractivity contribution is 5.94. The molecule has 1 aliphatic heterocycles. The molecule has 0 aromatic heterocycles. The number of likely N-dealkylation sites (N-methyl/N-ethyl adjacent to an activating group) is 1. The lowest BCUT2D eigenvalue weighted by atomic mass is 10.0. The maximum Gasteiger partial charge on any atom is 0.249 e. The van der Waals surface area contributed by atoms with Gasteiger partial charge in [0.25, 0.3) is 0 Å². The van der Waals surface area contributed by atoms with Gasteiger partial charge in [-0.2, -0.15) is 0 Å². The van der Waals surface area contributed by atoms with E-state index < -0.39 is 0 Å². The number of rotatable bonds is 5. The predicted molar refractivity (Wildman–Crippen MR) is 78.0 cm³/mol. The van der Waals surface area contributed by atoms with Crippen molar-refractivity contribution >= 4 is 5.91 Å². The number of carbonyl (C=O) groups excluding carboxylic acids is 1. The highest BCUT2D eigenvalue weighted by atomic mass is 16.2. The molecule has 1 aliphatic rings. The minimum atomic E-state index is 0.190. The van der Waals surface area contributed by atoms with Crippen LogP contribution in [0.15, 0.2) is 41.5 Å². The summed E-state index contributed by atoms with van der Waals surface area (Å²) in [5.74, 6) is 0.190. The molecule has 3 nitrogen and oxygen atoms in total. The molecule has 1 aromatic carbocycles. The second-order valence-corrected chi connectivity index (χ2v) is 4.95. The molecule has 3 heteroatoms. The maximum atomic E-state index is 12.4. The van der Waals surface area contributed by atoms with Crippen LogP contribution in [0.3, 0.4) is 0 Å². The zero-order valence-corrected chi connectivity index (χ0v) is 11.8. The van der Waals surface area contributed by atoms with Gasteiger partial charge >= 0.3 is 0 Å². The Hall–Kier alpha value is -1.61. The van der Waals surface area contributed by atoms with Crippen molar-refractivity contribution in [1.29, 1.82) is 0 Å². The number of nitrogens with one attached hydrogen (secondary N) is 1. The van der Waals surface area contributed by atoms with E-state index in [9.17, 15) is 4.79 Å². The summed E-state index contributed by atoms with van der Waals surface area (Å²) in [6.45, 7) is 7.28. The Morgan fingerprint density at radius 3 is 2.47 bits per heavy atom. The third-order valence-electron chi connectivity index (χ3n) is 3.71. The van der Waals surface area contributed by atoms with Gasteiger partial charge in [0, 0.05) is 31.8 Å². The predicted octanol–water partition coefficient (Wildman–Crippen LogP) is 2.00. The molecule has 0 saturated carbocycles. The number of nitrogens with zero attached hydrogens (tertiary/aromatic N) is 1. The minimum Gasteiger partial charge on any atom is -0.339 e. The molecular weight excluding hydrogens is 236 g/mol. The highest BCUT2D eigenvalue weighted by Gasteiger charge is 2.19. The molecule has 1 fully saturated rings. The van der Waals surface area contributed by atoms with Gasteiger partial charge in [-0.25, -0.2) is 0 Å². The van der Waals surface area contributed by atoms with E-state index in [-0.39, 0.29) is 5.91 Å². The quantitative estimate of drug-likeness (QED) is 0.819. The summed E-state index contributed by atoms with van der Waals surface area (Å²) in [5.41, 5.74) is 3.46. The van der Waals surface area contributed by atoms with Crippen molar-refractivity contribution in [3.8, 4) is 0 Å². The molecule has 1 heterocycles. The van der Waals surface area contributed by atoms with Crippen LogP contribution in [0.5, 0.6) is 0 Å². The van der Waals surface area contributed by atoms with Gasteiger partial charge in [-0.1, -0.05) is 30.3 Å². The van der Waals surface area contributed by atoms with E-state index in [1.165, 1.54) is 11.1 Å². The summed E-state index contributed by atoms with van der Waals surface area (Å²) in [6.07, 6.45) is 0.918. The van der Waals surface area contributed by atoms with E-state index >= 15 is 0 Å². The summed E-state index contributed by atoms with van der Waals surface area (Å²) < 4.78 is 0. The Bertz CT molecular complexity index is 459. The van der Waals surface area contributed by atoms with E-state index in [4.69, 9.17) is 0 Å². The molecule has 0 bridgehead atoms. The first-order valence-electron chi connectivity index (χ1n) is 6.95. The first-order chi connectivity index (χ1) is 9.22. The van der Waals surface area contributed by atoms with Gasteiger partial charge in [0.05, 0.1) is 0 Å². The fourth-order valence-electron chi connectivity index (χ4n) is 2.22. The van der Waals surface area contributed by atoms with Crippen LogP contribution in [0.2, 0.25) is 0 Å². The van der Waals surface area contributed by atoms with Crippen LogP contribution in [0.25, 0.3) is 0 Å². The van der Waals surface area contributed by atoms with Crippen molar-refractivity contribution in [2.75, 3.05) is 26.2 Å². The summed E-state index contributed by atoms with van der Waals surface area (Å²) in [5, 5.41) is 3.18. The third kappa shape index (κ3) is 3.44.